The molecule has 0 aliphatic rings. The summed E-state index contributed by atoms with van der Waals surface area (Å²) in [4.78, 5) is 0. The Morgan fingerprint density at radius 1 is 1.10 bits per heavy atom. The van der Waals surface area contributed by atoms with Crippen LogP contribution in [0.15, 0.2) is 64.9 Å². The fourth-order valence-electron chi connectivity index (χ4n) is 2.88. The van der Waals surface area contributed by atoms with Gasteiger partial charge < -0.3 is 5.11 Å². The number of hydrogen-bond donors (Lipinski definition) is 1. The lowest BCUT2D eigenvalue weighted by atomic mass is 10.0. The van der Waals surface area contributed by atoms with Crippen molar-refractivity contribution in [3.8, 4) is 5.75 Å². The Morgan fingerprint density at radius 3 is 2.76 bits per heavy atom. The molecule has 0 unspecified atom stereocenters. The maximum absolute atomic E-state index is 10.3. The molecule has 0 spiro atoms. The lowest BCUT2D eigenvalue weighted by Crippen LogP contribution is -1.97. The number of aryl methyl sites for hydroxylation is 1. The fraction of sp³-hybridized carbons (Fsp3) is 0.0952. The molecule has 0 amide bonds. The lowest BCUT2D eigenvalue weighted by molar-refractivity contribution is 0.475. The van der Waals surface area contributed by atoms with Gasteiger partial charge in [-0.3, -0.25) is 0 Å². The van der Waals surface area contributed by atoms with Crippen LogP contribution in [0, 0.1) is 6.92 Å². The van der Waals surface area contributed by atoms with E-state index in [1.165, 1.54) is 11.8 Å². The highest BCUT2D eigenvalue weighted by atomic mass is 35.5. The van der Waals surface area contributed by atoms with Crippen molar-refractivity contribution in [3.63, 3.8) is 0 Å². The summed E-state index contributed by atoms with van der Waals surface area (Å²) in [7, 11) is 0. The predicted octanol–water partition coefficient (Wildman–Crippen LogP) is 5.93. The minimum atomic E-state index is 0.167. The molecule has 5 nitrogen and oxygen atoms in total. The van der Waals surface area contributed by atoms with Crippen molar-refractivity contribution in [2.75, 3.05) is 0 Å². The number of phenols is 1. The highest BCUT2D eigenvalue weighted by Crippen LogP contribution is 2.29. The summed E-state index contributed by atoms with van der Waals surface area (Å²) in [6, 6.07) is 16.8. The van der Waals surface area contributed by atoms with Gasteiger partial charge in [-0.2, -0.15) is 9.78 Å². The van der Waals surface area contributed by atoms with E-state index in [-0.39, 0.29) is 5.75 Å². The molecule has 1 heterocycles. The van der Waals surface area contributed by atoms with Crippen LogP contribution in [0.3, 0.4) is 0 Å². The van der Waals surface area contributed by atoms with E-state index in [0.29, 0.717) is 32.3 Å². The molecule has 0 atom stereocenters. The molecule has 0 aliphatic heterocycles. The first-order chi connectivity index (χ1) is 14.0. The van der Waals surface area contributed by atoms with Gasteiger partial charge in [0.05, 0.1) is 6.21 Å². The van der Waals surface area contributed by atoms with Crippen LogP contribution < -0.4 is 0 Å². The van der Waals surface area contributed by atoms with Crippen LogP contribution in [0.4, 0.5) is 0 Å². The zero-order chi connectivity index (χ0) is 20.4. The molecular formula is C21H16Cl2N4OS. The Labute approximate surface area is 182 Å². The van der Waals surface area contributed by atoms with Gasteiger partial charge in [-0.25, -0.2) is 0 Å². The summed E-state index contributed by atoms with van der Waals surface area (Å²) in [5.74, 6) is 1.41. The number of benzene rings is 3. The lowest BCUT2D eigenvalue weighted by Gasteiger charge is -2.06. The summed E-state index contributed by atoms with van der Waals surface area (Å²) in [6.07, 6.45) is 1.63. The molecule has 4 aromatic rings. The van der Waals surface area contributed by atoms with Crippen molar-refractivity contribution < 1.29 is 5.11 Å². The number of aromatic hydroxyl groups is 1. The molecule has 0 saturated heterocycles. The normalized spacial score (nSPS) is 11.6. The summed E-state index contributed by atoms with van der Waals surface area (Å²) in [5, 5.41) is 27.0. The SMILES string of the molecule is Cc1nnc(SCc2ccc(Cl)cc2Cl)n1/N=C/c1c(O)ccc2ccccc12. The second kappa shape index (κ2) is 8.45. The van der Waals surface area contributed by atoms with Crippen molar-refractivity contribution in [1.29, 1.82) is 0 Å². The van der Waals surface area contributed by atoms with Crippen LogP contribution in [0.1, 0.15) is 17.0 Å². The Morgan fingerprint density at radius 2 is 1.93 bits per heavy atom. The monoisotopic (exact) mass is 442 g/mol. The molecule has 1 aromatic heterocycles. The third-order valence-electron chi connectivity index (χ3n) is 4.39. The van der Waals surface area contributed by atoms with Gasteiger partial charge in [0.25, 0.3) is 0 Å². The molecular weight excluding hydrogens is 427 g/mol. The molecule has 0 radical (unpaired) electrons. The average molecular weight is 443 g/mol. The van der Waals surface area contributed by atoms with Gasteiger partial charge in [0.2, 0.25) is 5.16 Å². The van der Waals surface area contributed by atoms with E-state index in [1.54, 1.807) is 29.1 Å². The van der Waals surface area contributed by atoms with Crippen molar-refractivity contribution >= 4 is 52.0 Å². The standard InChI is InChI=1S/C21H16Cl2N4OS/c1-13-25-26-21(29-12-15-6-8-16(22)10-19(15)23)27(13)24-11-18-17-5-3-2-4-14(17)7-9-20(18)28/h2-11,28H,12H2,1H3/b24-11+. The highest BCUT2D eigenvalue weighted by Gasteiger charge is 2.11. The number of fused-ring (bicyclic) bond motifs is 1. The Balaban J connectivity index is 1.62. The molecule has 29 heavy (non-hydrogen) atoms. The van der Waals surface area contributed by atoms with Crippen LogP contribution in [0.5, 0.6) is 5.75 Å². The molecule has 4 rings (SSSR count). The maximum atomic E-state index is 10.3. The number of thioether (sulfide) groups is 1. The summed E-state index contributed by atoms with van der Waals surface area (Å²) in [6.45, 7) is 1.83. The van der Waals surface area contributed by atoms with Crippen LogP contribution >= 0.6 is 35.0 Å². The molecule has 0 fully saturated rings. The molecule has 146 valence electrons. The highest BCUT2D eigenvalue weighted by molar-refractivity contribution is 7.98. The molecule has 1 N–H and O–H groups in total. The van der Waals surface area contributed by atoms with Gasteiger partial charge in [0, 0.05) is 21.4 Å². The van der Waals surface area contributed by atoms with Crippen LogP contribution in [-0.2, 0) is 5.75 Å². The summed E-state index contributed by atoms with van der Waals surface area (Å²) < 4.78 is 1.65. The molecule has 0 bridgehead atoms. The molecule has 8 heteroatoms. The first-order valence-corrected chi connectivity index (χ1v) is 10.5. The third kappa shape index (κ3) is 4.24. The van der Waals surface area contributed by atoms with Crippen molar-refractivity contribution in [3.05, 3.63) is 81.6 Å². The number of aromatic nitrogens is 3. The number of rotatable bonds is 5. The van der Waals surface area contributed by atoms with Crippen LogP contribution in [0.2, 0.25) is 10.0 Å². The minimum Gasteiger partial charge on any atom is -0.507 e. The van der Waals surface area contributed by atoms with Crippen molar-refractivity contribution in [2.45, 2.75) is 17.8 Å². The zero-order valence-corrected chi connectivity index (χ0v) is 17.7. The van der Waals surface area contributed by atoms with Gasteiger partial charge in [0.1, 0.15) is 5.75 Å². The van der Waals surface area contributed by atoms with Gasteiger partial charge in [-0.15, -0.1) is 10.2 Å². The van der Waals surface area contributed by atoms with E-state index in [4.69, 9.17) is 23.2 Å². The minimum absolute atomic E-state index is 0.167. The predicted molar refractivity (Wildman–Crippen MR) is 119 cm³/mol. The Bertz CT molecular complexity index is 1220. The topological polar surface area (TPSA) is 63.3 Å². The number of hydrogen-bond acceptors (Lipinski definition) is 5. The number of halogens is 2. The van der Waals surface area contributed by atoms with Gasteiger partial charge in [-0.05, 0) is 41.5 Å². The summed E-state index contributed by atoms with van der Waals surface area (Å²) in [5.41, 5.74) is 1.59. The van der Waals surface area contributed by atoms with Crippen molar-refractivity contribution in [2.24, 2.45) is 5.10 Å². The largest absolute Gasteiger partial charge is 0.507 e. The van der Waals surface area contributed by atoms with Gasteiger partial charge in [-0.1, -0.05) is 71.4 Å². The molecule has 0 aliphatic carbocycles. The van der Waals surface area contributed by atoms with Crippen LogP contribution in [-0.4, -0.2) is 26.2 Å². The van der Waals surface area contributed by atoms with Crippen LogP contribution in [0.25, 0.3) is 10.8 Å². The van der Waals surface area contributed by atoms with E-state index in [0.717, 1.165) is 16.3 Å². The first kappa shape index (κ1) is 19.8. The quantitative estimate of drug-likeness (QED) is 0.307. The Kier molecular flexibility index (Phi) is 5.76. The third-order valence-corrected chi connectivity index (χ3v) is 5.94. The van der Waals surface area contributed by atoms with E-state index < -0.39 is 0 Å². The zero-order valence-electron chi connectivity index (χ0n) is 15.4. The molecule has 0 saturated carbocycles. The summed E-state index contributed by atoms with van der Waals surface area (Å²) >= 11 is 13.7. The van der Waals surface area contributed by atoms with E-state index in [2.05, 4.69) is 15.3 Å². The van der Waals surface area contributed by atoms with Gasteiger partial charge in [0.15, 0.2) is 5.82 Å². The number of nitrogens with zero attached hydrogens (tertiary/aromatic N) is 4. The maximum Gasteiger partial charge on any atom is 0.212 e. The first-order valence-electron chi connectivity index (χ1n) is 8.77. The smallest absolute Gasteiger partial charge is 0.212 e. The van der Waals surface area contributed by atoms with Crippen molar-refractivity contribution in [1.82, 2.24) is 14.9 Å². The second-order valence-corrected chi connectivity index (χ2v) is 8.12. The fourth-order valence-corrected chi connectivity index (χ4v) is 4.37. The molecule has 3 aromatic carbocycles. The number of phenolic OH excluding ortho intramolecular Hbond substituents is 1. The van der Waals surface area contributed by atoms with E-state index >= 15 is 0 Å². The van der Waals surface area contributed by atoms with Gasteiger partial charge >= 0.3 is 0 Å². The van der Waals surface area contributed by atoms with E-state index in [1.807, 2.05) is 43.3 Å². The Hall–Kier alpha value is -2.54. The van der Waals surface area contributed by atoms with E-state index in [9.17, 15) is 5.11 Å². The average Bonchev–Trinajstić information content (AvgIpc) is 3.06. The second-order valence-electron chi connectivity index (χ2n) is 6.33.